The third-order valence-corrected chi connectivity index (χ3v) is 20.9. The fourth-order valence-electron chi connectivity index (χ4n) is 14.7. The van der Waals surface area contributed by atoms with Crippen molar-refractivity contribution < 1.29 is 0 Å². The molecular formula is C87H168. The van der Waals surface area contributed by atoms with E-state index in [-0.39, 0.29) is 0 Å². The Balaban J connectivity index is 1.58. The number of rotatable bonds is 80. The number of aryl methyl sites for hydroxylation is 1. The van der Waals surface area contributed by atoms with E-state index in [0.717, 1.165) is 0 Å². The summed E-state index contributed by atoms with van der Waals surface area (Å²) in [5, 5.41) is 0. The molecule has 516 valence electrons. The van der Waals surface area contributed by atoms with E-state index in [4.69, 9.17) is 0 Å². The van der Waals surface area contributed by atoms with Gasteiger partial charge in [0.1, 0.15) is 0 Å². The summed E-state index contributed by atoms with van der Waals surface area (Å²) < 4.78 is 0. The molecule has 0 saturated carbocycles. The molecule has 0 saturated heterocycles. The van der Waals surface area contributed by atoms with Crippen LogP contribution in [0, 0.1) is 0 Å². The minimum Gasteiger partial charge on any atom is -0.0654 e. The second kappa shape index (κ2) is 79.5. The number of unbranched alkanes of at least 4 members (excludes halogenated alkanes) is 78. The van der Waals surface area contributed by atoms with Crippen LogP contribution >= 0.6 is 0 Å². The van der Waals surface area contributed by atoms with Gasteiger partial charge >= 0.3 is 0 Å². The maximum Gasteiger partial charge on any atom is -0.0279 e. The van der Waals surface area contributed by atoms with E-state index in [2.05, 4.69) is 37.3 Å². The summed E-state index contributed by atoms with van der Waals surface area (Å²) >= 11 is 0. The molecule has 0 heterocycles. The van der Waals surface area contributed by atoms with Gasteiger partial charge in [-0.05, 0) is 18.4 Å². The summed E-state index contributed by atoms with van der Waals surface area (Å²) in [5.41, 5.74) is 1.51. The zero-order valence-electron chi connectivity index (χ0n) is 61.0. The van der Waals surface area contributed by atoms with Crippen LogP contribution in [0.4, 0.5) is 0 Å². The fraction of sp³-hybridized carbons (Fsp3) is 0.931. The van der Waals surface area contributed by atoms with Crippen LogP contribution in [-0.2, 0) is 6.42 Å². The van der Waals surface area contributed by atoms with Gasteiger partial charge in [0.2, 0.25) is 0 Å². The van der Waals surface area contributed by atoms with Gasteiger partial charge in [-0.2, -0.15) is 0 Å². The molecule has 0 spiro atoms. The summed E-state index contributed by atoms with van der Waals surface area (Å²) in [7, 11) is 0. The van der Waals surface area contributed by atoms with E-state index in [1.165, 1.54) is 519 Å². The smallest absolute Gasteiger partial charge is 0.0279 e. The Hall–Kier alpha value is -0.780. The van der Waals surface area contributed by atoms with Crippen LogP contribution < -0.4 is 0 Å². The molecule has 1 rings (SSSR count). The molecule has 0 aromatic heterocycles. The normalized spacial score (nSPS) is 11.7. The molecule has 0 N–H and O–H groups in total. The second-order valence-corrected chi connectivity index (χ2v) is 29.8. The second-order valence-electron chi connectivity index (χ2n) is 29.8. The van der Waals surface area contributed by atoms with Gasteiger partial charge in [-0.1, -0.05) is 538 Å². The highest BCUT2D eigenvalue weighted by Crippen LogP contribution is 2.22. The molecule has 0 radical (unpaired) electrons. The molecule has 0 bridgehead atoms. The average Bonchev–Trinajstić information content (AvgIpc) is 3.54. The lowest BCUT2D eigenvalue weighted by Crippen LogP contribution is -1.86. The zero-order chi connectivity index (χ0) is 61.7. The number of hydrogen-bond donors (Lipinski definition) is 0. The van der Waals surface area contributed by atoms with Crippen molar-refractivity contribution in [3.63, 3.8) is 0 Å². The van der Waals surface area contributed by atoms with Crippen molar-refractivity contribution in [1.29, 1.82) is 0 Å². The molecule has 0 atom stereocenters. The molecule has 0 aliphatic rings. The summed E-state index contributed by atoms with van der Waals surface area (Å²) in [4.78, 5) is 0. The first-order chi connectivity index (χ1) is 43.4. The monoisotopic (exact) mass is 1210 g/mol. The van der Waals surface area contributed by atoms with Gasteiger partial charge < -0.3 is 0 Å². The third kappa shape index (κ3) is 75.8. The predicted molar refractivity (Wildman–Crippen MR) is 401 cm³/mol. The van der Waals surface area contributed by atoms with E-state index in [0.29, 0.717) is 0 Å². The minimum atomic E-state index is 1.26. The average molecular weight is 1210 g/mol. The topological polar surface area (TPSA) is 0 Å². The maximum atomic E-state index is 2.32. The van der Waals surface area contributed by atoms with Gasteiger partial charge in [0.05, 0.1) is 0 Å². The van der Waals surface area contributed by atoms with Crippen molar-refractivity contribution in [1.82, 2.24) is 0 Å². The van der Waals surface area contributed by atoms with Gasteiger partial charge in [-0.3, -0.25) is 0 Å². The fourth-order valence-corrected chi connectivity index (χ4v) is 14.7. The quantitative estimate of drug-likeness (QED) is 0.0570. The highest BCUT2D eigenvalue weighted by atomic mass is 14.1. The first-order valence-corrected chi connectivity index (χ1v) is 42.5. The Kier molecular flexibility index (Phi) is 76.9. The van der Waals surface area contributed by atoms with Gasteiger partial charge in [0.15, 0.2) is 0 Å². The lowest BCUT2D eigenvalue weighted by molar-refractivity contribution is 0.505. The molecule has 1 aromatic carbocycles. The Morgan fingerprint density at radius 1 is 0.126 bits per heavy atom. The largest absolute Gasteiger partial charge is 0.0654 e. The molecule has 0 aliphatic carbocycles. The highest BCUT2D eigenvalue weighted by molar-refractivity contribution is 5.14. The summed E-state index contributed by atoms with van der Waals surface area (Å²) in [6, 6.07) is 11.0. The third-order valence-electron chi connectivity index (χ3n) is 20.9. The molecule has 87 heavy (non-hydrogen) atoms. The first-order valence-electron chi connectivity index (χ1n) is 42.5. The van der Waals surface area contributed by atoms with Crippen molar-refractivity contribution in [3.05, 3.63) is 35.9 Å². The lowest BCUT2D eigenvalue weighted by Gasteiger charge is -2.05. The number of hydrogen-bond acceptors (Lipinski definition) is 0. The van der Waals surface area contributed by atoms with Crippen LogP contribution in [0.25, 0.3) is 0 Å². The predicted octanol–water partition coefficient (Wildman–Crippen LogP) is 33.1. The molecule has 0 nitrogen and oxygen atoms in total. The van der Waals surface area contributed by atoms with Crippen LogP contribution in [0.1, 0.15) is 520 Å². The van der Waals surface area contributed by atoms with Gasteiger partial charge in [0.25, 0.3) is 0 Å². The number of benzene rings is 1. The van der Waals surface area contributed by atoms with Crippen LogP contribution in [0.3, 0.4) is 0 Å². The maximum absolute atomic E-state index is 2.32. The molecule has 0 amide bonds. The lowest BCUT2D eigenvalue weighted by atomic mass is 10.0. The molecule has 0 unspecified atom stereocenters. The first kappa shape index (κ1) is 84.2. The highest BCUT2D eigenvalue weighted by Gasteiger charge is 2.02. The van der Waals surface area contributed by atoms with Crippen molar-refractivity contribution in [2.75, 3.05) is 0 Å². The van der Waals surface area contributed by atoms with E-state index in [9.17, 15) is 0 Å². The van der Waals surface area contributed by atoms with E-state index in [1.54, 1.807) is 0 Å². The van der Waals surface area contributed by atoms with Crippen LogP contribution in [0.2, 0.25) is 0 Å². The van der Waals surface area contributed by atoms with Crippen LogP contribution in [-0.4, -0.2) is 0 Å². The van der Waals surface area contributed by atoms with Gasteiger partial charge in [0, 0.05) is 0 Å². The standard InChI is InChI=1S/C87H168/c1-2-3-4-5-6-7-8-9-10-11-12-13-14-15-16-17-18-19-20-21-22-23-24-25-26-27-28-29-30-31-32-33-34-35-36-37-38-39-40-41-42-43-44-45-46-47-48-49-50-51-52-53-54-55-56-57-58-59-60-61-62-63-64-65-66-67-68-69-70-71-72-73-74-75-76-77-78-79-81-84-87-85-82-80-83-86-87/h80,82-83,85-86H,2-79,81,84H2,1H3. The zero-order valence-corrected chi connectivity index (χ0v) is 61.0. The Labute approximate surface area is 553 Å². The van der Waals surface area contributed by atoms with Crippen LogP contribution in [0.15, 0.2) is 30.3 Å². The Morgan fingerprint density at radius 3 is 0.345 bits per heavy atom. The SMILES string of the molecule is CCCCCCCCCCCCCCCCCCCCCCCCCCCCCCCCCCCCCCCCCCCCCCCCCCCCCCCCCCCCCCCCCCCCCCCCCCCCCCCCCc1ccccc1. The summed E-state index contributed by atoms with van der Waals surface area (Å²) in [6.07, 6.45) is 119. The Morgan fingerprint density at radius 2 is 0.230 bits per heavy atom. The molecular weight excluding hydrogens is 1040 g/mol. The van der Waals surface area contributed by atoms with Crippen molar-refractivity contribution in [3.8, 4) is 0 Å². The molecule has 0 fully saturated rings. The molecule has 0 heteroatoms. The van der Waals surface area contributed by atoms with E-state index in [1.807, 2.05) is 0 Å². The van der Waals surface area contributed by atoms with Crippen LogP contribution in [0.5, 0.6) is 0 Å². The Bertz CT molecular complexity index is 1280. The van der Waals surface area contributed by atoms with E-state index < -0.39 is 0 Å². The van der Waals surface area contributed by atoms with E-state index >= 15 is 0 Å². The van der Waals surface area contributed by atoms with Crippen molar-refractivity contribution in [2.24, 2.45) is 0 Å². The van der Waals surface area contributed by atoms with Gasteiger partial charge in [-0.15, -0.1) is 0 Å². The summed E-state index contributed by atoms with van der Waals surface area (Å²) in [6.45, 7) is 2.32. The molecule has 0 aliphatic heterocycles. The minimum absolute atomic E-state index is 1.26. The summed E-state index contributed by atoms with van der Waals surface area (Å²) in [5.74, 6) is 0. The van der Waals surface area contributed by atoms with Crippen molar-refractivity contribution in [2.45, 2.75) is 521 Å². The molecule has 1 aromatic rings. The van der Waals surface area contributed by atoms with Gasteiger partial charge in [-0.25, -0.2) is 0 Å². The van der Waals surface area contributed by atoms with Crippen molar-refractivity contribution >= 4 is 0 Å².